The molecule has 2 aromatic carbocycles. The van der Waals surface area contributed by atoms with Crippen LogP contribution >= 0.6 is 0 Å². The quantitative estimate of drug-likeness (QED) is 0.622. The van der Waals surface area contributed by atoms with E-state index in [1.807, 2.05) is 36.1 Å². The Kier molecular flexibility index (Phi) is 5.13. The van der Waals surface area contributed by atoms with E-state index < -0.39 is 0 Å². The number of nitrogens with zero attached hydrogens (tertiary/aromatic N) is 4. The third kappa shape index (κ3) is 3.62. The van der Waals surface area contributed by atoms with Crippen molar-refractivity contribution in [1.29, 1.82) is 0 Å². The summed E-state index contributed by atoms with van der Waals surface area (Å²) in [5, 5.41) is 4.29. The number of rotatable bonds is 3. The van der Waals surface area contributed by atoms with Gasteiger partial charge in [0.05, 0.1) is 5.92 Å². The maximum Gasteiger partial charge on any atom is 0.254 e. The second-order valence-corrected chi connectivity index (χ2v) is 9.73. The van der Waals surface area contributed by atoms with Crippen LogP contribution in [0.4, 0.5) is 0 Å². The normalized spacial score (nSPS) is 23.4. The number of carbonyl (C=O) groups excluding carboxylic acids is 1. The fourth-order valence-corrected chi connectivity index (χ4v) is 5.49. The van der Waals surface area contributed by atoms with Crippen LogP contribution < -0.4 is 0 Å². The molecule has 2 aliphatic heterocycles. The van der Waals surface area contributed by atoms with E-state index in [1.54, 1.807) is 0 Å². The molecule has 166 valence electrons. The molecule has 0 bridgehead atoms. The molecular formula is C26H30N4O2. The van der Waals surface area contributed by atoms with Crippen LogP contribution in [0.3, 0.4) is 0 Å². The first-order valence-electron chi connectivity index (χ1n) is 11.3. The number of aryl methyl sites for hydroxylation is 3. The summed E-state index contributed by atoms with van der Waals surface area (Å²) in [6.45, 7) is 9.39. The Bertz CT molecular complexity index is 1170. The fraction of sp³-hybridized carbons (Fsp3) is 0.423. The van der Waals surface area contributed by atoms with E-state index >= 15 is 0 Å². The predicted molar refractivity (Wildman–Crippen MR) is 124 cm³/mol. The zero-order chi connectivity index (χ0) is 22.5. The van der Waals surface area contributed by atoms with Crippen molar-refractivity contribution < 1.29 is 9.32 Å². The molecule has 3 heterocycles. The number of aromatic nitrogens is 2. The third-order valence-electron chi connectivity index (χ3n) is 7.14. The first-order chi connectivity index (χ1) is 15.3. The first-order valence-corrected chi connectivity index (χ1v) is 11.3. The number of likely N-dealkylation sites (tertiary alicyclic amines) is 2. The minimum absolute atomic E-state index is 0.0354. The van der Waals surface area contributed by atoms with Crippen molar-refractivity contribution in [2.24, 2.45) is 5.41 Å². The molecule has 2 fully saturated rings. The van der Waals surface area contributed by atoms with Gasteiger partial charge >= 0.3 is 0 Å². The van der Waals surface area contributed by atoms with E-state index in [0.29, 0.717) is 18.3 Å². The average molecular weight is 431 g/mol. The van der Waals surface area contributed by atoms with E-state index in [0.717, 1.165) is 48.3 Å². The van der Waals surface area contributed by atoms with Gasteiger partial charge in [-0.15, -0.1) is 0 Å². The van der Waals surface area contributed by atoms with Gasteiger partial charge in [0.2, 0.25) is 11.7 Å². The van der Waals surface area contributed by atoms with Gasteiger partial charge in [0.1, 0.15) is 0 Å². The Hall–Kier alpha value is -2.99. The summed E-state index contributed by atoms with van der Waals surface area (Å²) in [5.74, 6) is 1.39. The summed E-state index contributed by atoms with van der Waals surface area (Å²) in [6, 6.07) is 14.2. The Balaban J connectivity index is 1.47. The van der Waals surface area contributed by atoms with Gasteiger partial charge in [-0.3, -0.25) is 4.79 Å². The lowest BCUT2D eigenvalue weighted by Crippen LogP contribution is -2.34. The Morgan fingerprint density at radius 3 is 2.62 bits per heavy atom. The van der Waals surface area contributed by atoms with Gasteiger partial charge in [0.25, 0.3) is 5.91 Å². The minimum Gasteiger partial charge on any atom is -0.339 e. The van der Waals surface area contributed by atoms with Crippen LogP contribution in [-0.4, -0.2) is 59.1 Å². The maximum absolute atomic E-state index is 13.5. The Morgan fingerprint density at radius 2 is 1.91 bits per heavy atom. The number of benzene rings is 2. The van der Waals surface area contributed by atoms with Crippen molar-refractivity contribution in [2.75, 3.05) is 33.2 Å². The molecule has 2 atom stereocenters. The van der Waals surface area contributed by atoms with Crippen molar-refractivity contribution >= 4 is 5.91 Å². The molecule has 0 aliphatic carbocycles. The van der Waals surface area contributed by atoms with Gasteiger partial charge in [0, 0.05) is 36.2 Å². The summed E-state index contributed by atoms with van der Waals surface area (Å²) < 4.78 is 5.82. The van der Waals surface area contributed by atoms with Gasteiger partial charge in [-0.05, 0) is 58.5 Å². The van der Waals surface area contributed by atoms with E-state index in [-0.39, 0.29) is 17.2 Å². The highest BCUT2D eigenvalue weighted by Gasteiger charge is 2.53. The summed E-state index contributed by atoms with van der Waals surface area (Å²) in [7, 11) is 2.15. The van der Waals surface area contributed by atoms with Gasteiger partial charge in [-0.25, -0.2) is 0 Å². The number of amides is 1. The largest absolute Gasteiger partial charge is 0.339 e. The van der Waals surface area contributed by atoms with E-state index in [4.69, 9.17) is 9.51 Å². The molecule has 6 nitrogen and oxygen atoms in total. The second-order valence-electron chi connectivity index (χ2n) is 9.73. The zero-order valence-electron chi connectivity index (χ0n) is 19.3. The van der Waals surface area contributed by atoms with Crippen molar-refractivity contribution in [3.8, 4) is 11.4 Å². The van der Waals surface area contributed by atoms with Crippen LogP contribution in [0.5, 0.6) is 0 Å². The standard InChI is InChI=1S/C26H30N4O2/c1-17-6-5-7-20(13-17)23-27-24(32-28-23)22-14-30(16-26(22)10-11-29(4)15-26)25(31)21-9-8-18(2)12-19(21)3/h5-9,12-13,22H,10-11,14-16H2,1-4H3/t22-,26-/m0/s1. The van der Waals surface area contributed by atoms with Crippen LogP contribution in [0, 0.1) is 26.2 Å². The summed E-state index contributed by atoms with van der Waals surface area (Å²) in [6.07, 6.45) is 1.02. The summed E-state index contributed by atoms with van der Waals surface area (Å²) in [4.78, 5) is 22.6. The Morgan fingerprint density at radius 1 is 1.09 bits per heavy atom. The molecule has 0 saturated carbocycles. The van der Waals surface area contributed by atoms with Crippen LogP contribution in [0.1, 0.15) is 45.3 Å². The molecule has 1 amide bonds. The molecule has 0 N–H and O–H groups in total. The van der Waals surface area contributed by atoms with Crippen LogP contribution in [-0.2, 0) is 0 Å². The van der Waals surface area contributed by atoms with E-state index in [2.05, 4.69) is 49.2 Å². The molecule has 6 heteroatoms. The lowest BCUT2D eigenvalue weighted by molar-refractivity contribution is 0.0773. The van der Waals surface area contributed by atoms with Crippen LogP contribution in [0.25, 0.3) is 11.4 Å². The molecular weight excluding hydrogens is 400 g/mol. The van der Waals surface area contributed by atoms with Crippen LogP contribution in [0.15, 0.2) is 47.0 Å². The predicted octanol–water partition coefficient (Wildman–Crippen LogP) is 4.22. The van der Waals surface area contributed by atoms with Crippen molar-refractivity contribution in [3.63, 3.8) is 0 Å². The minimum atomic E-state index is -0.0561. The Labute approximate surface area is 189 Å². The molecule has 32 heavy (non-hydrogen) atoms. The fourth-order valence-electron chi connectivity index (χ4n) is 5.49. The molecule has 0 unspecified atom stereocenters. The van der Waals surface area contributed by atoms with Crippen LogP contribution in [0.2, 0.25) is 0 Å². The molecule has 1 spiro atoms. The van der Waals surface area contributed by atoms with Gasteiger partial charge in [-0.1, -0.05) is 46.6 Å². The number of hydrogen-bond donors (Lipinski definition) is 0. The summed E-state index contributed by atoms with van der Waals surface area (Å²) in [5.41, 5.74) is 5.04. The lowest BCUT2D eigenvalue weighted by Gasteiger charge is -2.27. The molecule has 0 radical (unpaired) electrons. The van der Waals surface area contributed by atoms with Gasteiger partial charge < -0.3 is 14.3 Å². The topological polar surface area (TPSA) is 62.5 Å². The second kappa shape index (κ2) is 7.85. The van der Waals surface area contributed by atoms with Gasteiger partial charge in [0.15, 0.2) is 0 Å². The van der Waals surface area contributed by atoms with Crippen molar-refractivity contribution in [1.82, 2.24) is 19.9 Å². The molecule has 5 rings (SSSR count). The number of hydrogen-bond acceptors (Lipinski definition) is 5. The smallest absolute Gasteiger partial charge is 0.254 e. The highest BCUT2D eigenvalue weighted by molar-refractivity contribution is 5.96. The molecule has 1 aromatic heterocycles. The SMILES string of the molecule is Cc1cccc(-c2noc([C@@H]3CN(C(=O)c4ccc(C)cc4C)C[C@@]34CCN(C)C4)n2)c1. The van der Waals surface area contributed by atoms with E-state index in [1.165, 1.54) is 5.56 Å². The van der Waals surface area contributed by atoms with Crippen molar-refractivity contribution in [3.05, 3.63) is 70.6 Å². The highest BCUT2D eigenvalue weighted by Crippen LogP contribution is 2.49. The average Bonchev–Trinajstić information content (AvgIpc) is 3.47. The van der Waals surface area contributed by atoms with Crippen molar-refractivity contribution in [2.45, 2.75) is 33.1 Å². The summed E-state index contributed by atoms with van der Waals surface area (Å²) >= 11 is 0. The molecule has 2 saturated heterocycles. The maximum atomic E-state index is 13.5. The number of carbonyl (C=O) groups is 1. The molecule has 2 aliphatic rings. The van der Waals surface area contributed by atoms with E-state index in [9.17, 15) is 4.79 Å². The zero-order valence-corrected chi connectivity index (χ0v) is 19.3. The first kappa shape index (κ1) is 20.9. The van der Waals surface area contributed by atoms with Gasteiger partial charge in [-0.2, -0.15) is 4.98 Å². The third-order valence-corrected chi connectivity index (χ3v) is 7.14. The lowest BCUT2D eigenvalue weighted by atomic mass is 9.77. The highest BCUT2D eigenvalue weighted by atomic mass is 16.5. The monoisotopic (exact) mass is 430 g/mol. The molecule has 3 aromatic rings.